The zero-order valence-electron chi connectivity index (χ0n) is 18.7. The average Bonchev–Trinajstić information content (AvgIpc) is 2.99. The summed E-state index contributed by atoms with van der Waals surface area (Å²) < 4.78 is 0. The van der Waals surface area contributed by atoms with Gasteiger partial charge in [-0.2, -0.15) is 0 Å². The molecule has 3 atom stereocenters. The number of nitrogens with one attached hydrogen (secondary N) is 1. The van der Waals surface area contributed by atoms with Crippen molar-refractivity contribution in [2.45, 2.75) is 58.7 Å². The van der Waals surface area contributed by atoms with Crippen LogP contribution in [0.5, 0.6) is 0 Å². The Balaban J connectivity index is 1.72. The van der Waals surface area contributed by atoms with Gasteiger partial charge in [0.2, 0.25) is 23.6 Å². The third-order valence-corrected chi connectivity index (χ3v) is 6.22. The number of rotatable bonds is 8. The highest BCUT2D eigenvalue weighted by molar-refractivity contribution is 6.30. The van der Waals surface area contributed by atoms with E-state index in [4.69, 9.17) is 11.6 Å². The minimum absolute atomic E-state index is 0.0219. The second-order valence-electron chi connectivity index (χ2n) is 8.72. The molecule has 1 heterocycles. The molecule has 3 rings (SSSR count). The predicted octanol–water partition coefficient (Wildman–Crippen LogP) is 2.92. The first kappa shape index (κ1) is 24.0. The number of likely N-dealkylation sites (tertiary alicyclic amines) is 1. The van der Waals surface area contributed by atoms with E-state index in [1.165, 1.54) is 9.80 Å². The van der Waals surface area contributed by atoms with E-state index in [9.17, 15) is 19.2 Å². The highest BCUT2D eigenvalue weighted by Crippen LogP contribution is 2.35. The monoisotopic (exact) mass is 459 g/mol. The van der Waals surface area contributed by atoms with E-state index in [-0.39, 0.29) is 61.0 Å². The molecule has 0 spiro atoms. The number of carbonyl (C=O) groups is 4. The van der Waals surface area contributed by atoms with Gasteiger partial charge in [-0.3, -0.25) is 24.1 Å². The number of imide groups is 1. The van der Waals surface area contributed by atoms with E-state index in [0.717, 1.165) is 5.56 Å². The van der Waals surface area contributed by atoms with Gasteiger partial charge < -0.3 is 10.2 Å². The highest BCUT2D eigenvalue weighted by Gasteiger charge is 2.47. The topological polar surface area (TPSA) is 86.8 Å². The highest BCUT2D eigenvalue weighted by atomic mass is 35.5. The molecule has 4 amide bonds. The number of nitrogens with zero attached hydrogens (tertiary/aromatic N) is 2. The number of carbonyl (C=O) groups excluding carboxylic acids is 4. The maximum Gasteiger partial charge on any atom is 0.242 e. The van der Waals surface area contributed by atoms with Crippen LogP contribution in [0.1, 0.15) is 45.6 Å². The van der Waals surface area contributed by atoms with Crippen molar-refractivity contribution in [1.82, 2.24) is 15.1 Å². The number of hydrogen-bond acceptors (Lipinski definition) is 4. The summed E-state index contributed by atoms with van der Waals surface area (Å²) in [6, 6.07) is 6.33. The first-order valence-electron chi connectivity index (χ1n) is 11.0. The van der Waals surface area contributed by atoms with Crippen molar-refractivity contribution in [3.63, 3.8) is 0 Å². The van der Waals surface area contributed by atoms with Gasteiger partial charge in [-0.15, -0.1) is 0 Å². The largest absolute Gasteiger partial charge is 0.352 e. The number of allylic oxidation sites excluding steroid dienone is 2. The van der Waals surface area contributed by atoms with Crippen molar-refractivity contribution in [3.8, 4) is 0 Å². The van der Waals surface area contributed by atoms with Crippen LogP contribution in [-0.2, 0) is 25.7 Å². The Morgan fingerprint density at radius 2 is 1.75 bits per heavy atom. The lowest BCUT2D eigenvalue weighted by Crippen LogP contribution is -2.49. The molecule has 1 saturated heterocycles. The van der Waals surface area contributed by atoms with Gasteiger partial charge in [-0.1, -0.05) is 35.9 Å². The quantitative estimate of drug-likeness (QED) is 0.478. The normalized spacial score (nSPS) is 21.0. The molecule has 0 bridgehead atoms. The Kier molecular flexibility index (Phi) is 7.72. The SMILES string of the molecule is CC(C)NC(=O)[C@@H](C)N(Cc1cccc(Cl)c1)C(=O)CCN1C(=O)[C@H]2CC=CC[C@H]2C1=O. The van der Waals surface area contributed by atoms with Crippen molar-refractivity contribution in [2.75, 3.05) is 6.54 Å². The molecule has 172 valence electrons. The van der Waals surface area contributed by atoms with E-state index in [0.29, 0.717) is 17.9 Å². The number of benzene rings is 1. The molecule has 8 heteroatoms. The van der Waals surface area contributed by atoms with Crippen LogP contribution in [0.4, 0.5) is 0 Å². The number of hydrogen-bond donors (Lipinski definition) is 1. The molecule has 32 heavy (non-hydrogen) atoms. The summed E-state index contributed by atoms with van der Waals surface area (Å²) in [6.07, 6.45) is 4.95. The Labute approximate surface area is 193 Å². The van der Waals surface area contributed by atoms with Crippen LogP contribution >= 0.6 is 11.6 Å². The third-order valence-electron chi connectivity index (χ3n) is 5.99. The fraction of sp³-hybridized carbons (Fsp3) is 0.500. The first-order valence-corrected chi connectivity index (χ1v) is 11.4. The number of fused-ring (bicyclic) bond motifs is 1. The summed E-state index contributed by atoms with van der Waals surface area (Å²) in [7, 11) is 0. The maximum atomic E-state index is 13.2. The number of amides is 4. The molecule has 7 nitrogen and oxygen atoms in total. The number of halogens is 1. The Morgan fingerprint density at radius 1 is 1.12 bits per heavy atom. The Morgan fingerprint density at radius 3 is 2.31 bits per heavy atom. The van der Waals surface area contributed by atoms with Crippen LogP contribution in [0.15, 0.2) is 36.4 Å². The van der Waals surface area contributed by atoms with Crippen molar-refractivity contribution >= 4 is 35.2 Å². The van der Waals surface area contributed by atoms with Crippen molar-refractivity contribution in [3.05, 3.63) is 47.0 Å². The van der Waals surface area contributed by atoms with Crippen LogP contribution in [0, 0.1) is 11.8 Å². The Bertz CT molecular complexity index is 904. The van der Waals surface area contributed by atoms with E-state index >= 15 is 0 Å². The lowest BCUT2D eigenvalue weighted by atomic mass is 9.85. The minimum Gasteiger partial charge on any atom is -0.352 e. The molecule has 2 aliphatic rings. The minimum atomic E-state index is -0.722. The van der Waals surface area contributed by atoms with Crippen LogP contribution in [-0.4, -0.2) is 52.1 Å². The molecule has 0 unspecified atom stereocenters. The van der Waals surface area contributed by atoms with Gasteiger partial charge in [0.05, 0.1) is 11.8 Å². The van der Waals surface area contributed by atoms with Gasteiger partial charge in [0.1, 0.15) is 6.04 Å². The lowest BCUT2D eigenvalue weighted by molar-refractivity contribution is -0.143. The third kappa shape index (κ3) is 5.38. The van der Waals surface area contributed by atoms with Crippen LogP contribution in [0.3, 0.4) is 0 Å². The Hall–Kier alpha value is -2.67. The first-order chi connectivity index (χ1) is 15.2. The molecule has 1 fully saturated rings. The van der Waals surface area contributed by atoms with Crippen molar-refractivity contribution in [2.24, 2.45) is 11.8 Å². The summed E-state index contributed by atoms with van der Waals surface area (Å²) in [4.78, 5) is 53.9. The van der Waals surface area contributed by atoms with E-state index in [1.54, 1.807) is 25.1 Å². The summed E-state index contributed by atoms with van der Waals surface area (Å²) in [5.41, 5.74) is 0.792. The molecular weight excluding hydrogens is 430 g/mol. The molecule has 0 radical (unpaired) electrons. The molecule has 1 N–H and O–H groups in total. The van der Waals surface area contributed by atoms with E-state index in [1.807, 2.05) is 32.1 Å². The molecule has 1 aromatic carbocycles. The summed E-state index contributed by atoms with van der Waals surface area (Å²) in [5.74, 6) is -1.61. The second kappa shape index (κ2) is 10.3. The molecule has 0 saturated carbocycles. The fourth-order valence-corrected chi connectivity index (χ4v) is 4.47. The average molecular weight is 460 g/mol. The molecule has 1 aromatic rings. The van der Waals surface area contributed by atoms with Gasteiger partial charge in [0.25, 0.3) is 0 Å². The van der Waals surface area contributed by atoms with Crippen LogP contribution in [0.2, 0.25) is 5.02 Å². The van der Waals surface area contributed by atoms with Crippen molar-refractivity contribution in [1.29, 1.82) is 0 Å². The standard InChI is InChI=1S/C24H30ClN3O4/c1-15(2)26-22(30)16(3)28(14-17-7-6-8-18(25)13-17)21(29)11-12-27-23(31)19-9-4-5-10-20(19)24(27)32/h4-8,13,15-16,19-20H,9-12,14H2,1-3H3,(H,26,30)/t16-,19-,20+/m1/s1. The van der Waals surface area contributed by atoms with E-state index in [2.05, 4.69) is 5.32 Å². The summed E-state index contributed by atoms with van der Waals surface area (Å²) in [6.45, 7) is 5.60. The molecular formula is C24H30ClN3O4. The smallest absolute Gasteiger partial charge is 0.242 e. The molecule has 1 aliphatic heterocycles. The summed E-state index contributed by atoms with van der Waals surface area (Å²) >= 11 is 6.09. The van der Waals surface area contributed by atoms with Crippen molar-refractivity contribution < 1.29 is 19.2 Å². The molecule has 1 aliphatic carbocycles. The van der Waals surface area contributed by atoms with E-state index < -0.39 is 6.04 Å². The lowest BCUT2D eigenvalue weighted by Gasteiger charge is -2.30. The van der Waals surface area contributed by atoms with Gasteiger partial charge in [-0.25, -0.2) is 0 Å². The van der Waals surface area contributed by atoms with Gasteiger partial charge in [0, 0.05) is 30.6 Å². The van der Waals surface area contributed by atoms with Crippen LogP contribution < -0.4 is 5.32 Å². The van der Waals surface area contributed by atoms with Crippen LogP contribution in [0.25, 0.3) is 0 Å². The van der Waals surface area contributed by atoms with Gasteiger partial charge in [0.15, 0.2) is 0 Å². The zero-order valence-corrected chi connectivity index (χ0v) is 19.5. The summed E-state index contributed by atoms with van der Waals surface area (Å²) in [5, 5.41) is 3.38. The maximum absolute atomic E-state index is 13.2. The van der Waals surface area contributed by atoms with Gasteiger partial charge in [-0.05, 0) is 51.3 Å². The van der Waals surface area contributed by atoms with Gasteiger partial charge >= 0.3 is 0 Å². The fourth-order valence-electron chi connectivity index (χ4n) is 4.26. The second-order valence-corrected chi connectivity index (χ2v) is 9.16. The predicted molar refractivity (Wildman–Crippen MR) is 121 cm³/mol. The molecule has 0 aromatic heterocycles. The zero-order chi connectivity index (χ0) is 23.4.